The number of anilines is 1. The van der Waals surface area contributed by atoms with Gasteiger partial charge in [0.05, 0.1) is 11.4 Å². The molecule has 1 N–H and O–H groups in total. The van der Waals surface area contributed by atoms with Crippen LogP contribution in [0.5, 0.6) is 0 Å². The van der Waals surface area contributed by atoms with Gasteiger partial charge in [-0.1, -0.05) is 30.3 Å². The van der Waals surface area contributed by atoms with E-state index in [0.29, 0.717) is 24.2 Å². The zero-order valence-corrected chi connectivity index (χ0v) is 17.3. The van der Waals surface area contributed by atoms with Crippen molar-refractivity contribution >= 4 is 21.6 Å². The molecule has 2 fully saturated rings. The molecular weight excluding hydrogens is 386 g/mol. The van der Waals surface area contributed by atoms with Gasteiger partial charge in [0.15, 0.2) is 0 Å². The summed E-state index contributed by atoms with van der Waals surface area (Å²) >= 11 is 0. The number of benzene rings is 2. The Kier molecular flexibility index (Phi) is 5.87. The first-order valence-corrected chi connectivity index (χ1v) is 11.8. The quantitative estimate of drug-likeness (QED) is 0.818. The van der Waals surface area contributed by atoms with Gasteiger partial charge in [-0.2, -0.15) is 0 Å². The number of hydrogen-bond donors (Lipinski definition) is 1. The van der Waals surface area contributed by atoms with E-state index in [2.05, 4.69) is 34.5 Å². The van der Waals surface area contributed by atoms with Crippen LogP contribution in [0.4, 0.5) is 5.69 Å². The van der Waals surface area contributed by atoms with Crippen LogP contribution >= 0.6 is 0 Å². The number of piperidine rings is 1. The number of nitrogens with zero attached hydrogens (tertiary/aromatic N) is 2. The summed E-state index contributed by atoms with van der Waals surface area (Å²) in [7, 11) is -3.20. The van der Waals surface area contributed by atoms with Gasteiger partial charge in [-0.3, -0.25) is 14.0 Å². The van der Waals surface area contributed by atoms with Crippen molar-refractivity contribution in [1.29, 1.82) is 0 Å². The molecule has 1 unspecified atom stereocenters. The third kappa shape index (κ3) is 4.79. The molecule has 6 nitrogen and oxygen atoms in total. The van der Waals surface area contributed by atoms with Crippen LogP contribution in [-0.2, 0) is 16.6 Å². The molecule has 2 aromatic carbocycles. The molecule has 2 aromatic rings. The van der Waals surface area contributed by atoms with Crippen LogP contribution in [0.1, 0.15) is 35.2 Å². The van der Waals surface area contributed by atoms with Gasteiger partial charge < -0.3 is 5.32 Å². The molecule has 2 heterocycles. The Morgan fingerprint density at radius 1 is 1.00 bits per heavy atom. The first kappa shape index (κ1) is 19.9. The molecule has 7 heteroatoms. The van der Waals surface area contributed by atoms with Crippen LogP contribution in [0.2, 0.25) is 0 Å². The number of hydrogen-bond acceptors (Lipinski definition) is 4. The van der Waals surface area contributed by atoms with Crippen LogP contribution in [0, 0.1) is 0 Å². The number of nitrogens with one attached hydrogen (secondary N) is 1. The van der Waals surface area contributed by atoms with Crippen LogP contribution < -0.4 is 9.62 Å². The number of sulfonamides is 1. The molecular formula is C22H27N3O3S. The fourth-order valence-corrected chi connectivity index (χ4v) is 5.70. The van der Waals surface area contributed by atoms with E-state index >= 15 is 0 Å². The van der Waals surface area contributed by atoms with E-state index < -0.39 is 10.0 Å². The minimum absolute atomic E-state index is 0.104. The highest BCUT2D eigenvalue weighted by Gasteiger charge is 2.28. The minimum Gasteiger partial charge on any atom is -0.348 e. The van der Waals surface area contributed by atoms with E-state index in [0.717, 1.165) is 32.5 Å². The van der Waals surface area contributed by atoms with Crippen LogP contribution in [0.25, 0.3) is 0 Å². The molecule has 29 heavy (non-hydrogen) atoms. The second-order valence-electron chi connectivity index (χ2n) is 7.82. The van der Waals surface area contributed by atoms with Gasteiger partial charge in [-0.15, -0.1) is 0 Å². The standard InChI is InChI=1S/C22H27N3O3S/c26-22(19-9-11-21(12-10-19)25-14-5-15-29(25,27)28)23-20-8-4-13-24(17-20)16-18-6-2-1-3-7-18/h1-3,6-7,9-12,20H,4-5,8,13-17H2,(H,23,26). The summed E-state index contributed by atoms with van der Waals surface area (Å²) < 4.78 is 25.5. The second-order valence-corrected chi connectivity index (χ2v) is 9.83. The van der Waals surface area contributed by atoms with Crippen molar-refractivity contribution in [2.24, 2.45) is 0 Å². The maximum Gasteiger partial charge on any atom is 0.251 e. The molecule has 2 aliphatic rings. The molecule has 4 rings (SSSR count). The Hall–Kier alpha value is -2.38. The van der Waals surface area contributed by atoms with Gasteiger partial charge >= 0.3 is 0 Å². The van der Waals surface area contributed by atoms with Crippen molar-refractivity contribution in [3.05, 3.63) is 65.7 Å². The van der Waals surface area contributed by atoms with E-state index in [9.17, 15) is 13.2 Å². The summed E-state index contributed by atoms with van der Waals surface area (Å²) in [4.78, 5) is 15.1. The molecule has 2 aliphatic heterocycles. The Morgan fingerprint density at radius 3 is 2.45 bits per heavy atom. The third-order valence-corrected chi connectivity index (χ3v) is 7.48. The number of carbonyl (C=O) groups is 1. The summed E-state index contributed by atoms with van der Waals surface area (Å²) in [6.45, 7) is 3.28. The van der Waals surface area contributed by atoms with Crippen LogP contribution in [0.3, 0.4) is 0 Å². The lowest BCUT2D eigenvalue weighted by Crippen LogP contribution is -2.47. The lowest BCUT2D eigenvalue weighted by atomic mass is 10.0. The Balaban J connectivity index is 1.35. The topological polar surface area (TPSA) is 69.7 Å². The summed E-state index contributed by atoms with van der Waals surface area (Å²) in [5.41, 5.74) is 2.48. The average molecular weight is 414 g/mol. The maximum absolute atomic E-state index is 12.7. The minimum atomic E-state index is -3.20. The first-order valence-electron chi connectivity index (χ1n) is 10.2. The molecule has 154 valence electrons. The van der Waals surface area contributed by atoms with E-state index in [1.807, 2.05) is 6.07 Å². The average Bonchev–Trinajstić information content (AvgIpc) is 3.08. The van der Waals surface area contributed by atoms with Gasteiger partial charge in [-0.05, 0) is 55.6 Å². The van der Waals surface area contributed by atoms with Crippen LogP contribution in [-0.4, -0.2) is 50.7 Å². The molecule has 1 atom stereocenters. The first-order chi connectivity index (χ1) is 14.0. The number of amides is 1. The van der Waals surface area contributed by atoms with E-state index in [-0.39, 0.29) is 17.7 Å². The number of carbonyl (C=O) groups excluding carboxylic acids is 1. The van der Waals surface area contributed by atoms with Crippen molar-refractivity contribution in [3.63, 3.8) is 0 Å². The Bertz CT molecular complexity index is 945. The zero-order valence-electron chi connectivity index (χ0n) is 16.5. The molecule has 2 saturated heterocycles. The third-order valence-electron chi connectivity index (χ3n) is 5.61. The van der Waals surface area contributed by atoms with Crippen molar-refractivity contribution in [2.75, 3.05) is 29.7 Å². The monoisotopic (exact) mass is 413 g/mol. The SMILES string of the molecule is O=C(NC1CCCN(Cc2ccccc2)C1)c1ccc(N2CCCS2(=O)=O)cc1. The van der Waals surface area contributed by atoms with E-state index in [1.54, 1.807) is 24.3 Å². The summed E-state index contributed by atoms with van der Waals surface area (Å²) in [5, 5.41) is 3.14. The second kappa shape index (κ2) is 8.55. The predicted molar refractivity (Wildman–Crippen MR) is 114 cm³/mol. The number of rotatable bonds is 5. The van der Waals surface area contributed by atoms with Crippen molar-refractivity contribution in [1.82, 2.24) is 10.2 Å². The maximum atomic E-state index is 12.7. The highest BCUT2D eigenvalue weighted by atomic mass is 32.2. The molecule has 0 spiro atoms. The van der Waals surface area contributed by atoms with Gasteiger partial charge in [-0.25, -0.2) is 8.42 Å². The highest BCUT2D eigenvalue weighted by molar-refractivity contribution is 7.93. The summed E-state index contributed by atoms with van der Waals surface area (Å²) in [6.07, 6.45) is 2.68. The van der Waals surface area contributed by atoms with Crippen molar-refractivity contribution in [3.8, 4) is 0 Å². The predicted octanol–water partition coefficient (Wildman–Crippen LogP) is 2.62. The largest absolute Gasteiger partial charge is 0.348 e. The van der Waals surface area contributed by atoms with Crippen molar-refractivity contribution in [2.45, 2.75) is 31.8 Å². The highest BCUT2D eigenvalue weighted by Crippen LogP contribution is 2.24. The summed E-state index contributed by atoms with van der Waals surface area (Å²) in [6, 6.07) is 17.4. The van der Waals surface area contributed by atoms with Gasteiger partial charge in [0, 0.05) is 31.2 Å². The van der Waals surface area contributed by atoms with Gasteiger partial charge in [0.25, 0.3) is 5.91 Å². The normalized spacial score (nSPS) is 21.8. The summed E-state index contributed by atoms with van der Waals surface area (Å²) in [5.74, 6) is 0.0866. The number of likely N-dealkylation sites (tertiary alicyclic amines) is 1. The van der Waals surface area contributed by atoms with E-state index in [4.69, 9.17) is 0 Å². The molecule has 1 amide bonds. The van der Waals surface area contributed by atoms with Gasteiger partial charge in [0.2, 0.25) is 10.0 Å². The lowest BCUT2D eigenvalue weighted by Gasteiger charge is -2.33. The molecule has 0 bridgehead atoms. The Labute approximate surface area is 172 Å². The Morgan fingerprint density at radius 2 is 1.76 bits per heavy atom. The zero-order chi connectivity index (χ0) is 20.3. The fourth-order valence-electron chi connectivity index (χ4n) is 4.14. The lowest BCUT2D eigenvalue weighted by molar-refractivity contribution is 0.0901. The smallest absolute Gasteiger partial charge is 0.251 e. The van der Waals surface area contributed by atoms with Gasteiger partial charge in [0.1, 0.15) is 0 Å². The fraction of sp³-hybridized carbons (Fsp3) is 0.409. The van der Waals surface area contributed by atoms with Crippen LogP contribution in [0.15, 0.2) is 54.6 Å². The molecule has 0 radical (unpaired) electrons. The molecule has 0 aromatic heterocycles. The molecule has 0 saturated carbocycles. The van der Waals surface area contributed by atoms with E-state index in [1.165, 1.54) is 9.87 Å². The molecule has 0 aliphatic carbocycles. The van der Waals surface area contributed by atoms with Crippen molar-refractivity contribution < 1.29 is 13.2 Å².